The molecule has 1 fully saturated rings. The van der Waals surface area contributed by atoms with E-state index in [0.717, 1.165) is 38.4 Å². The van der Waals surface area contributed by atoms with Crippen LogP contribution in [0, 0.1) is 0 Å². The van der Waals surface area contributed by atoms with Crippen molar-refractivity contribution >= 4 is 10.0 Å². The second-order valence-corrected chi connectivity index (χ2v) is 6.63. The summed E-state index contributed by atoms with van der Waals surface area (Å²) in [7, 11) is -3.85. The van der Waals surface area contributed by atoms with E-state index in [2.05, 4.69) is 19.9 Å². The van der Waals surface area contributed by atoms with E-state index < -0.39 is 21.9 Å². The summed E-state index contributed by atoms with van der Waals surface area (Å²) >= 11 is 0. The Hall–Kier alpha value is -1.23. The van der Waals surface area contributed by atoms with Crippen LogP contribution in [0.25, 0.3) is 0 Å². The van der Waals surface area contributed by atoms with Crippen molar-refractivity contribution in [2.45, 2.75) is 11.1 Å². The van der Waals surface area contributed by atoms with E-state index in [1.165, 1.54) is 0 Å². The van der Waals surface area contributed by atoms with Gasteiger partial charge >= 0.3 is 6.18 Å². The molecule has 0 radical (unpaired) electrons. The molecule has 0 aromatic carbocycles. The minimum absolute atomic E-state index is 0.198. The molecule has 2 N–H and O–H groups in total. The lowest BCUT2D eigenvalue weighted by atomic mass is 10.3. The number of rotatable bonds is 5. The van der Waals surface area contributed by atoms with Crippen molar-refractivity contribution in [2.24, 2.45) is 0 Å². The number of nitrogens with zero attached hydrogens (tertiary/aromatic N) is 2. The predicted octanol–water partition coefficient (Wildman–Crippen LogP) is 0.284. The first-order chi connectivity index (χ1) is 10.3. The molecule has 22 heavy (non-hydrogen) atoms. The van der Waals surface area contributed by atoms with Gasteiger partial charge < -0.3 is 5.32 Å². The van der Waals surface area contributed by atoms with Gasteiger partial charge in [-0.25, -0.2) is 13.1 Å². The Morgan fingerprint density at radius 3 is 2.50 bits per heavy atom. The number of hydrogen-bond acceptors (Lipinski definition) is 5. The highest BCUT2D eigenvalue weighted by Crippen LogP contribution is 2.27. The maximum atomic E-state index is 12.4. The van der Waals surface area contributed by atoms with E-state index in [0.29, 0.717) is 12.6 Å². The average molecular weight is 338 g/mol. The molecule has 6 nitrogen and oxygen atoms in total. The lowest BCUT2D eigenvalue weighted by Crippen LogP contribution is -2.46. The van der Waals surface area contributed by atoms with E-state index in [4.69, 9.17) is 0 Å². The molecule has 0 atom stereocenters. The van der Waals surface area contributed by atoms with Gasteiger partial charge in [-0.15, -0.1) is 0 Å². The second-order valence-electron chi connectivity index (χ2n) is 4.87. The van der Waals surface area contributed by atoms with Crippen LogP contribution in [-0.2, 0) is 16.2 Å². The molecule has 1 saturated heterocycles. The zero-order valence-electron chi connectivity index (χ0n) is 11.7. The van der Waals surface area contributed by atoms with Crippen LogP contribution in [0.1, 0.15) is 5.69 Å². The Kier molecular flexibility index (Phi) is 5.37. The Morgan fingerprint density at radius 1 is 1.27 bits per heavy atom. The third-order valence-corrected chi connectivity index (χ3v) is 4.71. The molecule has 124 valence electrons. The summed E-state index contributed by atoms with van der Waals surface area (Å²) in [5.41, 5.74) is -1.12. The summed E-state index contributed by atoms with van der Waals surface area (Å²) in [5.74, 6) is 0. The Labute approximate surface area is 126 Å². The van der Waals surface area contributed by atoms with E-state index in [-0.39, 0.29) is 11.4 Å². The van der Waals surface area contributed by atoms with E-state index in [1.807, 2.05) is 0 Å². The largest absolute Gasteiger partial charge is 0.433 e. The number of aromatic nitrogens is 1. The van der Waals surface area contributed by atoms with Gasteiger partial charge in [-0.3, -0.25) is 9.88 Å². The number of piperazine rings is 1. The van der Waals surface area contributed by atoms with Gasteiger partial charge in [0.2, 0.25) is 10.0 Å². The molecule has 1 aromatic heterocycles. The van der Waals surface area contributed by atoms with Gasteiger partial charge in [0.1, 0.15) is 10.6 Å². The fraction of sp³-hybridized carbons (Fsp3) is 0.583. The van der Waals surface area contributed by atoms with Crippen LogP contribution >= 0.6 is 0 Å². The molecule has 0 aliphatic carbocycles. The molecular formula is C12H17F3N4O2S. The number of halogens is 3. The van der Waals surface area contributed by atoms with Crippen molar-refractivity contribution in [1.82, 2.24) is 19.9 Å². The number of alkyl halides is 3. The number of pyridine rings is 1. The van der Waals surface area contributed by atoms with Crippen molar-refractivity contribution < 1.29 is 21.6 Å². The van der Waals surface area contributed by atoms with Crippen molar-refractivity contribution in [3.8, 4) is 0 Å². The quantitative estimate of drug-likeness (QED) is 0.807. The first kappa shape index (κ1) is 17.1. The zero-order valence-corrected chi connectivity index (χ0v) is 12.5. The fourth-order valence-electron chi connectivity index (χ4n) is 2.06. The topological polar surface area (TPSA) is 74.3 Å². The Morgan fingerprint density at radius 2 is 1.95 bits per heavy atom. The normalized spacial score (nSPS) is 17.6. The van der Waals surface area contributed by atoms with Gasteiger partial charge in [-0.05, 0) is 12.1 Å². The molecule has 2 heterocycles. The standard InChI is InChI=1S/C12H17F3N4O2S/c13-12(14,15)11-2-1-10(9-17-11)22(20,21)18-5-8-19-6-3-16-4-7-19/h1-2,9,16,18H,3-8H2. The van der Waals surface area contributed by atoms with Crippen LogP contribution in [0.4, 0.5) is 13.2 Å². The minimum atomic E-state index is -4.59. The maximum absolute atomic E-state index is 12.4. The minimum Gasteiger partial charge on any atom is -0.314 e. The van der Waals surface area contributed by atoms with Crippen molar-refractivity contribution in [3.05, 3.63) is 24.0 Å². The summed E-state index contributed by atoms with van der Waals surface area (Å²) in [5, 5.41) is 3.18. The van der Waals surface area contributed by atoms with Gasteiger partial charge in [0.05, 0.1) is 0 Å². The molecule has 1 aliphatic heterocycles. The Balaban J connectivity index is 1.92. The molecule has 0 unspecified atom stereocenters. The highest BCUT2D eigenvalue weighted by molar-refractivity contribution is 7.89. The summed E-state index contributed by atoms with van der Waals surface area (Å²) < 4.78 is 63.5. The molecule has 10 heteroatoms. The summed E-state index contributed by atoms with van der Waals surface area (Å²) in [4.78, 5) is 4.98. The number of nitrogens with one attached hydrogen (secondary N) is 2. The summed E-state index contributed by atoms with van der Waals surface area (Å²) in [6, 6.07) is 1.56. The van der Waals surface area contributed by atoms with Crippen molar-refractivity contribution in [2.75, 3.05) is 39.3 Å². The molecule has 1 aliphatic rings. The highest BCUT2D eigenvalue weighted by atomic mass is 32.2. The lowest BCUT2D eigenvalue weighted by molar-refractivity contribution is -0.141. The first-order valence-electron chi connectivity index (χ1n) is 6.75. The van der Waals surface area contributed by atoms with Gasteiger partial charge in [0.15, 0.2) is 0 Å². The molecule has 0 amide bonds. The molecule has 0 saturated carbocycles. The van der Waals surface area contributed by atoms with Gasteiger partial charge in [0.25, 0.3) is 0 Å². The monoisotopic (exact) mass is 338 g/mol. The third kappa shape index (κ3) is 4.63. The lowest BCUT2D eigenvalue weighted by Gasteiger charge is -2.27. The Bertz CT molecular complexity index is 583. The molecule has 1 aromatic rings. The first-order valence-corrected chi connectivity index (χ1v) is 8.23. The number of hydrogen-bond donors (Lipinski definition) is 2. The van der Waals surface area contributed by atoms with E-state index in [9.17, 15) is 21.6 Å². The smallest absolute Gasteiger partial charge is 0.314 e. The van der Waals surface area contributed by atoms with Crippen LogP contribution in [0.15, 0.2) is 23.2 Å². The third-order valence-electron chi connectivity index (χ3n) is 3.27. The van der Waals surface area contributed by atoms with Gasteiger partial charge in [0, 0.05) is 45.5 Å². The van der Waals surface area contributed by atoms with Crippen molar-refractivity contribution in [1.29, 1.82) is 0 Å². The predicted molar refractivity (Wildman–Crippen MR) is 73.7 cm³/mol. The van der Waals surface area contributed by atoms with Gasteiger partial charge in [-0.2, -0.15) is 13.2 Å². The van der Waals surface area contributed by atoms with Crippen LogP contribution in [0.2, 0.25) is 0 Å². The molecule has 0 spiro atoms. The molecular weight excluding hydrogens is 321 g/mol. The summed E-state index contributed by atoms with van der Waals surface area (Å²) in [6.45, 7) is 4.14. The van der Waals surface area contributed by atoms with Crippen LogP contribution in [0.5, 0.6) is 0 Å². The molecule has 0 bridgehead atoms. The summed E-state index contributed by atoms with van der Waals surface area (Å²) in [6.07, 6.45) is -3.87. The highest BCUT2D eigenvalue weighted by Gasteiger charge is 2.32. The average Bonchev–Trinajstić information content (AvgIpc) is 2.47. The van der Waals surface area contributed by atoms with Crippen LogP contribution in [0.3, 0.4) is 0 Å². The zero-order chi connectivity index (χ0) is 16.2. The van der Waals surface area contributed by atoms with E-state index >= 15 is 0 Å². The van der Waals surface area contributed by atoms with Crippen LogP contribution in [-0.4, -0.2) is 57.6 Å². The SMILES string of the molecule is O=S(=O)(NCCN1CCNCC1)c1ccc(C(F)(F)F)nc1. The van der Waals surface area contributed by atoms with Gasteiger partial charge in [-0.1, -0.05) is 0 Å². The maximum Gasteiger partial charge on any atom is 0.433 e. The van der Waals surface area contributed by atoms with E-state index in [1.54, 1.807) is 0 Å². The fourth-order valence-corrected chi connectivity index (χ4v) is 3.03. The number of sulfonamides is 1. The second kappa shape index (κ2) is 6.90. The van der Waals surface area contributed by atoms with Crippen LogP contribution < -0.4 is 10.0 Å². The molecule has 2 rings (SSSR count). The van der Waals surface area contributed by atoms with Crippen molar-refractivity contribution in [3.63, 3.8) is 0 Å².